The molecule has 1 aromatic carbocycles. The van der Waals surface area contributed by atoms with E-state index in [-0.39, 0.29) is 5.91 Å². The van der Waals surface area contributed by atoms with E-state index in [1.165, 1.54) is 56.1 Å². The minimum Gasteiger partial charge on any atom is -0.355 e. The summed E-state index contributed by atoms with van der Waals surface area (Å²) < 4.78 is 1.95. The molecule has 2 aromatic rings. The van der Waals surface area contributed by atoms with Crippen molar-refractivity contribution in [3.05, 3.63) is 30.0 Å². The first-order valence-corrected chi connectivity index (χ1v) is 10.1. The van der Waals surface area contributed by atoms with E-state index in [2.05, 4.69) is 34.4 Å². The van der Waals surface area contributed by atoms with Crippen molar-refractivity contribution in [2.45, 2.75) is 52.0 Å². The smallest absolute Gasteiger partial charge is 0.221 e. The van der Waals surface area contributed by atoms with Gasteiger partial charge >= 0.3 is 0 Å². The third-order valence-corrected chi connectivity index (χ3v) is 6.08. The number of piperidine rings is 1. The zero-order valence-electron chi connectivity index (χ0n) is 15.8. The molecule has 1 aliphatic carbocycles. The number of benzene rings is 1. The molecule has 5 heteroatoms. The molecule has 0 atom stereocenters. The second-order valence-corrected chi connectivity index (χ2v) is 8.24. The van der Waals surface area contributed by atoms with Crippen molar-refractivity contribution in [3.63, 3.8) is 0 Å². The summed E-state index contributed by atoms with van der Waals surface area (Å²) in [7, 11) is 0. The lowest BCUT2D eigenvalue weighted by Gasteiger charge is -2.30. The lowest BCUT2D eigenvalue weighted by atomic mass is 10.0. The van der Waals surface area contributed by atoms with Crippen molar-refractivity contribution in [2.75, 3.05) is 26.2 Å². The Morgan fingerprint density at radius 1 is 1.23 bits per heavy atom. The first-order chi connectivity index (χ1) is 12.7. The van der Waals surface area contributed by atoms with Crippen LogP contribution in [0.2, 0.25) is 0 Å². The molecule has 1 aromatic heterocycles. The highest BCUT2D eigenvalue weighted by molar-refractivity contribution is 5.82. The summed E-state index contributed by atoms with van der Waals surface area (Å²) in [4.78, 5) is 14.9. The van der Waals surface area contributed by atoms with Crippen LogP contribution in [0.3, 0.4) is 0 Å². The zero-order chi connectivity index (χ0) is 18.0. The van der Waals surface area contributed by atoms with Gasteiger partial charge in [-0.1, -0.05) is 18.6 Å². The van der Waals surface area contributed by atoms with E-state index in [1.807, 2.05) is 16.9 Å². The molecule has 1 amide bonds. The molecule has 1 aliphatic heterocycles. The van der Waals surface area contributed by atoms with Crippen molar-refractivity contribution in [2.24, 2.45) is 5.41 Å². The van der Waals surface area contributed by atoms with Crippen molar-refractivity contribution in [1.29, 1.82) is 0 Å². The Bertz CT molecular complexity index is 771. The summed E-state index contributed by atoms with van der Waals surface area (Å²) in [6, 6.07) is 6.22. The van der Waals surface area contributed by atoms with E-state index >= 15 is 0 Å². The minimum absolute atomic E-state index is 0.145. The zero-order valence-corrected chi connectivity index (χ0v) is 15.8. The Kier molecular flexibility index (Phi) is 4.98. The van der Waals surface area contributed by atoms with Crippen LogP contribution in [-0.4, -0.2) is 46.8 Å². The number of amides is 1. The van der Waals surface area contributed by atoms with Gasteiger partial charge in [-0.2, -0.15) is 5.10 Å². The molecule has 5 nitrogen and oxygen atoms in total. The van der Waals surface area contributed by atoms with Crippen LogP contribution in [0, 0.1) is 12.3 Å². The quantitative estimate of drug-likeness (QED) is 0.831. The van der Waals surface area contributed by atoms with Gasteiger partial charge < -0.3 is 10.2 Å². The van der Waals surface area contributed by atoms with Gasteiger partial charge in [0.2, 0.25) is 5.91 Å². The number of fused-ring (bicyclic) bond motifs is 1. The van der Waals surface area contributed by atoms with Crippen LogP contribution in [-0.2, 0) is 11.3 Å². The third-order valence-electron chi connectivity index (χ3n) is 6.08. The molecule has 0 spiro atoms. The van der Waals surface area contributed by atoms with Crippen LogP contribution in [0.15, 0.2) is 24.4 Å². The molecule has 1 N–H and O–H groups in total. The van der Waals surface area contributed by atoms with E-state index in [0.717, 1.165) is 18.6 Å². The average Bonchev–Trinajstić information content (AvgIpc) is 3.28. The number of carbonyl (C=O) groups is 1. The molecular formula is C21H30N4O. The highest BCUT2D eigenvalue weighted by atomic mass is 16.1. The second kappa shape index (κ2) is 7.39. The largest absolute Gasteiger partial charge is 0.355 e. The Morgan fingerprint density at radius 2 is 2.04 bits per heavy atom. The van der Waals surface area contributed by atoms with Gasteiger partial charge in [0.05, 0.1) is 18.3 Å². The molecular weight excluding hydrogens is 324 g/mol. The van der Waals surface area contributed by atoms with Crippen molar-refractivity contribution in [3.8, 4) is 0 Å². The SMILES string of the molecule is Cc1cccc2c1cnn2CCC(=O)NCC1(CN2CCCCC2)CC1. The maximum absolute atomic E-state index is 12.3. The van der Waals surface area contributed by atoms with Crippen LogP contribution in [0.5, 0.6) is 0 Å². The number of carbonyl (C=O) groups excluding carboxylic acids is 1. The number of nitrogens with one attached hydrogen (secondary N) is 1. The summed E-state index contributed by atoms with van der Waals surface area (Å²) in [6.07, 6.45) is 8.95. The normalized spacial score (nSPS) is 19.6. The summed E-state index contributed by atoms with van der Waals surface area (Å²) in [5, 5.41) is 8.82. The molecule has 0 bridgehead atoms. The predicted molar refractivity (Wildman–Crippen MR) is 104 cm³/mol. The van der Waals surface area contributed by atoms with E-state index in [1.54, 1.807) is 0 Å². The van der Waals surface area contributed by atoms with Crippen molar-refractivity contribution in [1.82, 2.24) is 20.0 Å². The maximum Gasteiger partial charge on any atom is 0.221 e. The first-order valence-electron chi connectivity index (χ1n) is 10.1. The number of nitrogens with zero attached hydrogens (tertiary/aromatic N) is 3. The van der Waals surface area contributed by atoms with Gasteiger partial charge in [-0.25, -0.2) is 0 Å². The molecule has 0 unspecified atom stereocenters. The van der Waals surface area contributed by atoms with Crippen molar-refractivity contribution >= 4 is 16.8 Å². The number of aromatic nitrogens is 2. The number of rotatable bonds is 7. The standard InChI is InChI=1S/C21H30N4O/c1-17-6-5-7-19-18(17)14-23-25(19)13-8-20(26)22-15-21(9-10-21)16-24-11-3-2-4-12-24/h5-7,14H,2-4,8-13,15-16H2,1H3,(H,22,26). The van der Waals surface area contributed by atoms with Crippen LogP contribution < -0.4 is 5.32 Å². The topological polar surface area (TPSA) is 50.2 Å². The monoisotopic (exact) mass is 354 g/mol. The molecule has 140 valence electrons. The maximum atomic E-state index is 12.3. The average molecular weight is 354 g/mol. The molecule has 1 saturated heterocycles. The second-order valence-electron chi connectivity index (χ2n) is 8.24. The molecule has 2 heterocycles. The van der Waals surface area contributed by atoms with Crippen LogP contribution >= 0.6 is 0 Å². The van der Waals surface area contributed by atoms with E-state index in [0.29, 0.717) is 18.4 Å². The van der Waals surface area contributed by atoms with Gasteiger partial charge in [0.25, 0.3) is 0 Å². The molecule has 4 rings (SSSR count). The third kappa shape index (κ3) is 3.93. The van der Waals surface area contributed by atoms with Crippen LogP contribution in [0.1, 0.15) is 44.1 Å². The van der Waals surface area contributed by atoms with Gasteiger partial charge in [-0.15, -0.1) is 0 Å². The number of aryl methyl sites for hydroxylation is 2. The Hall–Kier alpha value is -1.88. The van der Waals surface area contributed by atoms with Gasteiger partial charge in [0, 0.05) is 30.3 Å². The van der Waals surface area contributed by atoms with Gasteiger partial charge in [-0.05, 0) is 57.3 Å². The van der Waals surface area contributed by atoms with E-state index < -0.39 is 0 Å². The van der Waals surface area contributed by atoms with Crippen LogP contribution in [0.25, 0.3) is 10.9 Å². The van der Waals surface area contributed by atoms with Gasteiger partial charge in [0.15, 0.2) is 0 Å². The summed E-state index contributed by atoms with van der Waals surface area (Å²) in [5.41, 5.74) is 2.69. The van der Waals surface area contributed by atoms with Gasteiger partial charge in [-0.3, -0.25) is 9.48 Å². The molecule has 2 aliphatic rings. The molecule has 1 saturated carbocycles. The van der Waals surface area contributed by atoms with E-state index in [4.69, 9.17) is 0 Å². The Balaban J connectivity index is 1.26. The summed E-state index contributed by atoms with van der Waals surface area (Å²) in [6.45, 7) is 7.21. The van der Waals surface area contributed by atoms with E-state index in [9.17, 15) is 4.79 Å². The minimum atomic E-state index is 0.145. The molecule has 26 heavy (non-hydrogen) atoms. The number of likely N-dealkylation sites (tertiary alicyclic amines) is 1. The Labute approximate surface area is 155 Å². The summed E-state index contributed by atoms with van der Waals surface area (Å²) in [5.74, 6) is 0.145. The van der Waals surface area contributed by atoms with Crippen molar-refractivity contribution < 1.29 is 4.79 Å². The molecule has 0 radical (unpaired) electrons. The fourth-order valence-electron chi connectivity index (χ4n) is 4.17. The fourth-order valence-corrected chi connectivity index (χ4v) is 4.17. The number of hydrogen-bond acceptors (Lipinski definition) is 3. The summed E-state index contributed by atoms with van der Waals surface area (Å²) >= 11 is 0. The predicted octanol–water partition coefficient (Wildman–Crippen LogP) is 3.12. The number of hydrogen-bond donors (Lipinski definition) is 1. The van der Waals surface area contributed by atoms with Gasteiger partial charge in [0.1, 0.15) is 0 Å². The fraction of sp³-hybridized carbons (Fsp3) is 0.619. The first kappa shape index (κ1) is 17.5. The Morgan fingerprint density at radius 3 is 2.81 bits per heavy atom. The lowest BCUT2D eigenvalue weighted by Crippen LogP contribution is -2.40. The highest BCUT2D eigenvalue weighted by Crippen LogP contribution is 2.46. The highest BCUT2D eigenvalue weighted by Gasteiger charge is 2.43. The molecule has 2 fully saturated rings. The lowest BCUT2D eigenvalue weighted by molar-refractivity contribution is -0.121. The van der Waals surface area contributed by atoms with Crippen LogP contribution in [0.4, 0.5) is 0 Å².